The zero-order valence-electron chi connectivity index (χ0n) is 13.6. The van der Waals surface area contributed by atoms with Gasteiger partial charge >= 0.3 is 0 Å². The van der Waals surface area contributed by atoms with Gasteiger partial charge in [0.25, 0.3) is 5.91 Å². The van der Waals surface area contributed by atoms with Gasteiger partial charge in [0.15, 0.2) is 0 Å². The molecule has 1 saturated heterocycles. The summed E-state index contributed by atoms with van der Waals surface area (Å²) in [5.41, 5.74) is 0.553. The molecular formula is C16H22N6O. The maximum Gasteiger partial charge on any atom is 0.274 e. The number of carbonyl (C=O) groups excluding carboxylic acids is 1. The highest BCUT2D eigenvalue weighted by atomic mass is 16.2. The maximum absolute atomic E-state index is 13.0. The number of nitrogens with zero attached hydrogens (tertiary/aromatic N) is 6. The number of hydrogen-bond donors (Lipinski definition) is 0. The smallest absolute Gasteiger partial charge is 0.274 e. The number of aryl methyl sites for hydroxylation is 2. The molecule has 2 aromatic rings. The van der Waals surface area contributed by atoms with E-state index >= 15 is 0 Å². The average molecular weight is 314 g/mol. The summed E-state index contributed by atoms with van der Waals surface area (Å²) in [6.45, 7) is 5.71. The molecular weight excluding hydrogens is 292 g/mol. The second-order valence-electron chi connectivity index (χ2n) is 6.35. The molecule has 2 aliphatic rings. The minimum Gasteiger partial charge on any atom is -0.329 e. The van der Waals surface area contributed by atoms with Gasteiger partial charge in [0.2, 0.25) is 0 Å². The van der Waals surface area contributed by atoms with Crippen LogP contribution in [0.25, 0.3) is 0 Å². The highest BCUT2D eigenvalue weighted by Gasteiger charge is 2.41. The van der Waals surface area contributed by atoms with Crippen molar-refractivity contribution in [3.63, 3.8) is 0 Å². The predicted molar refractivity (Wildman–Crippen MR) is 84.0 cm³/mol. The molecule has 2 atom stereocenters. The first-order valence-corrected chi connectivity index (χ1v) is 8.48. The molecule has 23 heavy (non-hydrogen) atoms. The molecule has 2 aliphatic heterocycles. The molecule has 122 valence electrons. The molecule has 2 bridgehead atoms. The zero-order chi connectivity index (χ0) is 16.0. The molecule has 4 heterocycles. The van der Waals surface area contributed by atoms with E-state index in [1.165, 1.54) is 0 Å². The molecule has 0 aromatic carbocycles. The molecule has 7 nitrogen and oxygen atoms in total. The Morgan fingerprint density at radius 2 is 2.09 bits per heavy atom. The van der Waals surface area contributed by atoms with Crippen LogP contribution in [0, 0.1) is 0 Å². The molecule has 1 amide bonds. The second-order valence-corrected chi connectivity index (χ2v) is 6.35. The van der Waals surface area contributed by atoms with Crippen LogP contribution in [-0.2, 0) is 25.9 Å². The Hall–Kier alpha value is -2.18. The van der Waals surface area contributed by atoms with Crippen LogP contribution in [0.3, 0.4) is 0 Å². The summed E-state index contributed by atoms with van der Waals surface area (Å²) in [5, 5.41) is 13.0. The predicted octanol–water partition coefficient (Wildman–Crippen LogP) is 1.29. The summed E-state index contributed by atoms with van der Waals surface area (Å²) < 4.78 is 4.02. The number of hydrogen-bond acceptors (Lipinski definition) is 4. The molecule has 0 radical (unpaired) electrons. The average Bonchev–Trinajstić information content (AvgIpc) is 3.24. The molecule has 0 aliphatic carbocycles. The van der Waals surface area contributed by atoms with Crippen LogP contribution >= 0.6 is 0 Å². The summed E-state index contributed by atoms with van der Waals surface area (Å²) in [5.74, 6) is 2.10. The molecule has 1 fully saturated rings. The van der Waals surface area contributed by atoms with Crippen molar-refractivity contribution in [2.45, 2.75) is 64.7 Å². The van der Waals surface area contributed by atoms with E-state index in [0.717, 1.165) is 50.4 Å². The Bertz CT molecular complexity index is 733. The first kappa shape index (κ1) is 14.4. The Morgan fingerprint density at radius 1 is 1.26 bits per heavy atom. The maximum atomic E-state index is 13.0. The van der Waals surface area contributed by atoms with Gasteiger partial charge in [0.1, 0.15) is 17.3 Å². The number of rotatable bonds is 3. The Morgan fingerprint density at radius 3 is 2.83 bits per heavy atom. The van der Waals surface area contributed by atoms with Gasteiger partial charge in [-0.3, -0.25) is 9.48 Å². The van der Waals surface area contributed by atoms with Crippen molar-refractivity contribution in [2.75, 3.05) is 0 Å². The molecule has 0 N–H and O–H groups in total. The normalized spacial score (nSPS) is 23.0. The van der Waals surface area contributed by atoms with Gasteiger partial charge < -0.3 is 9.47 Å². The van der Waals surface area contributed by atoms with E-state index < -0.39 is 0 Å². The Balaban J connectivity index is 1.64. The van der Waals surface area contributed by atoms with Gasteiger partial charge in [-0.15, -0.1) is 10.2 Å². The SMILES string of the molecule is CCc1nnc2n1C[C@H]1CC[C@@H](C2)N1C(=O)c1ccn(CC)n1. The van der Waals surface area contributed by atoms with Crippen LogP contribution in [0.5, 0.6) is 0 Å². The Kier molecular flexibility index (Phi) is 3.43. The van der Waals surface area contributed by atoms with Crippen LogP contribution in [0.15, 0.2) is 12.3 Å². The fourth-order valence-electron chi connectivity index (χ4n) is 3.87. The van der Waals surface area contributed by atoms with Gasteiger partial charge in [0, 0.05) is 38.2 Å². The number of amides is 1. The standard InChI is InChI=1S/C16H22N6O/c1-3-14-17-18-15-9-11-5-6-12(10-21(14)15)22(11)16(23)13-7-8-20(4-2)19-13/h7-8,11-12H,3-6,9-10H2,1-2H3/t11-,12+/m0/s1. The van der Waals surface area contributed by atoms with Crippen LogP contribution in [0.4, 0.5) is 0 Å². The highest BCUT2D eigenvalue weighted by Crippen LogP contribution is 2.32. The van der Waals surface area contributed by atoms with Gasteiger partial charge in [-0.05, 0) is 25.8 Å². The lowest BCUT2D eigenvalue weighted by atomic mass is 10.1. The van der Waals surface area contributed by atoms with E-state index in [-0.39, 0.29) is 18.0 Å². The molecule has 0 unspecified atom stereocenters. The molecule has 2 aromatic heterocycles. The van der Waals surface area contributed by atoms with Crippen molar-refractivity contribution in [3.8, 4) is 0 Å². The third kappa shape index (κ3) is 2.26. The zero-order valence-corrected chi connectivity index (χ0v) is 13.6. The van der Waals surface area contributed by atoms with Crippen molar-refractivity contribution < 1.29 is 4.79 Å². The first-order chi connectivity index (χ1) is 11.2. The lowest BCUT2D eigenvalue weighted by molar-refractivity contribution is 0.0658. The van der Waals surface area contributed by atoms with Gasteiger partial charge in [-0.2, -0.15) is 5.10 Å². The number of aromatic nitrogens is 5. The van der Waals surface area contributed by atoms with Crippen LogP contribution in [0.2, 0.25) is 0 Å². The lowest BCUT2D eigenvalue weighted by Crippen LogP contribution is -2.42. The van der Waals surface area contributed by atoms with Crippen molar-refractivity contribution >= 4 is 5.91 Å². The van der Waals surface area contributed by atoms with Crippen molar-refractivity contribution in [3.05, 3.63) is 29.6 Å². The summed E-state index contributed by atoms with van der Waals surface area (Å²) in [6.07, 6.45) is 5.63. The van der Waals surface area contributed by atoms with E-state index in [0.29, 0.717) is 5.69 Å². The number of fused-ring (bicyclic) bond motifs is 3. The quantitative estimate of drug-likeness (QED) is 0.856. The molecule has 0 spiro atoms. The third-order valence-corrected chi connectivity index (χ3v) is 5.07. The summed E-state index contributed by atoms with van der Waals surface area (Å²) in [6, 6.07) is 2.27. The summed E-state index contributed by atoms with van der Waals surface area (Å²) in [7, 11) is 0. The van der Waals surface area contributed by atoms with Crippen LogP contribution < -0.4 is 0 Å². The highest BCUT2D eigenvalue weighted by molar-refractivity contribution is 5.93. The third-order valence-electron chi connectivity index (χ3n) is 5.07. The fraction of sp³-hybridized carbons (Fsp3) is 0.625. The summed E-state index contributed by atoms with van der Waals surface area (Å²) in [4.78, 5) is 15.0. The molecule has 4 rings (SSSR count). The largest absolute Gasteiger partial charge is 0.329 e. The lowest BCUT2D eigenvalue weighted by Gasteiger charge is -2.27. The first-order valence-electron chi connectivity index (χ1n) is 8.48. The van der Waals surface area contributed by atoms with Gasteiger partial charge in [-0.1, -0.05) is 6.92 Å². The van der Waals surface area contributed by atoms with E-state index in [1.54, 1.807) is 4.68 Å². The van der Waals surface area contributed by atoms with Gasteiger partial charge in [-0.25, -0.2) is 0 Å². The minimum atomic E-state index is 0.0569. The molecule has 7 heteroatoms. The Labute approximate surface area is 135 Å². The second kappa shape index (κ2) is 5.47. The van der Waals surface area contributed by atoms with Crippen LogP contribution in [0.1, 0.15) is 48.8 Å². The van der Waals surface area contributed by atoms with Gasteiger partial charge in [0.05, 0.1) is 6.04 Å². The monoisotopic (exact) mass is 314 g/mol. The number of carbonyl (C=O) groups is 1. The fourth-order valence-corrected chi connectivity index (χ4v) is 3.87. The van der Waals surface area contributed by atoms with Crippen molar-refractivity contribution in [1.29, 1.82) is 0 Å². The van der Waals surface area contributed by atoms with Crippen molar-refractivity contribution in [2.24, 2.45) is 0 Å². The molecule has 0 saturated carbocycles. The van der Waals surface area contributed by atoms with E-state index in [2.05, 4.69) is 31.7 Å². The topological polar surface area (TPSA) is 68.8 Å². The summed E-state index contributed by atoms with van der Waals surface area (Å²) >= 11 is 0. The van der Waals surface area contributed by atoms with Crippen LogP contribution in [-0.4, -0.2) is 47.4 Å². The van der Waals surface area contributed by atoms with Crippen molar-refractivity contribution in [1.82, 2.24) is 29.4 Å². The van der Waals surface area contributed by atoms with E-state index in [1.807, 2.05) is 19.2 Å². The van der Waals surface area contributed by atoms with E-state index in [9.17, 15) is 4.79 Å². The minimum absolute atomic E-state index is 0.0569. The van der Waals surface area contributed by atoms with E-state index in [4.69, 9.17) is 0 Å².